The molecule has 0 amide bonds. The van der Waals surface area contributed by atoms with Gasteiger partial charge in [0.1, 0.15) is 12.6 Å². The highest BCUT2D eigenvalue weighted by atomic mass is 16.3. The minimum absolute atomic E-state index is 0.110. The van der Waals surface area contributed by atoms with E-state index in [9.17, 15) is 14.7 Å². The van der Waals surface area contributed by atoms with E-state index in [0.29, 0.717) is 22.8 Å². The molecule has 3 nitrogen and oxygen atoms in total. The minimum atomic E-state index is -0.536. The van der Waals surface area contributed by atoms with Crippen molar-refractivity contribution in [3.8, 4) is 0 Å². The third-order valence-corrected chi connectivity index (χ3v) is 10.5. The molecule has 28 heavy (non-hydrogen) atoms. The number of aliphatic hydroxyl groups is 1. The van der Waals surface area contributed by atoms with Crippen molar-refractivity contribution in [1.29, 1.82) is 0 Å². The average molecular weight is 387 g/mol. The van der Waals surface area contributed by atoms with Crippen molar-refractivity contribution in [2.75, 3.05) is 0 Å². The fourth-order valence-corrected chi connectivity index (χ4v) is 9.10. The molecule has 156 valence electrons. The van der Waals surface area contributed by atoms with E-state index in [1.54, 1.807) is 0 Å². The lowest BCUT2D eigenvalue weighted by molar-refractivity contribution is -0.231. The van der Waals surface area contributed by atoms with Crippen LogP contribution in [0, 0.1) is 45.3 Å². The maximum atomic E-state index is 12.1. The first kappa shape index (κ1) is 20.3. The van der Waals surface area contributed by atoms with Gasteiger partial charge in [-0.25, -0.2) is 0 Å². The van der Waals surface area contributed by atoms with Crippen molar-refractivity contribution in [1.82, 2.24) is 0 Å². The van der Waals surface area contributed by atoms with Crippen LogP contribution in [-0.2, 0) is 9.59 Å². The van der Waals surface area contributed by atoms with E-state index in [4.69, 9.17) is 0 Å². The number of hydrogen-bond acceptors (Lipinski definition) is 3. The van der Waals surface area contributed by atoms with Crippen LogP contribution in [0.2, 0.25) is 0 Å². The van der Waals surface area contributed by atoms with Gasteiger partial charge in [-0.2, -0.15) is 0 Å². The maximum absolute atomic E-state index is 12.1. The highest BCUT2D eigenvalue weighted by Crippen LogP contribution is 2.72. The normalized spacial score (nSPS) is 52.5. The number of aliphatic hydroxyl groups excluding tert-OH is 1. The zero-order valence-electron chi connectivity index (χ0n) is 18.3. The Labute approximate surface area is 170 Å². The quantitative estimate of drug-likeness (QED) is 0.682. The number of carbonyl (C=O) groups excluding carboxylic acids is 2. The van der Waals surface area contributed by atoms with Crippen LogP contribution in [0.25, 0.3) is 0 Å². The summed E-state index contributed by atoms with van der Waals surface area (Å²) in [6, 6.07) is 0. The molecule has 0 aliphatic heterocycles. The molecule has 3 heteroatoms. The zero-order chi connectivity index (χ0) is 20.5. The highest BCUT2D eigenvalue weighted by Gasteiger charge is 2.67. The van der Waals surface area contributed by atoms with Gasteiger partial charge in [0.2, 0.25) is 0 Å². The number of aldehydes is 2. The van der Waals surface area contributed by atoms with Crippen molar-refractivity contribution in [3.05, 3.63) is 11.6 Å². The number of fused-ring (bicyclic) bond motifs is 5. The Morgan fingerprint density at radius 3 is 2.29 bits per heavy atom. The Kier molecular flexibility index (Phi) is 4.55. The Morgan fingerprint density at radius 2 is 1.64 bits per heavy atom. The molecule has 3 fully saturated rings. The van der Waals surface area contributed by atoms with E-state index >= 15 is 0 Å². The Morgan fingerprint density at radius 1 is 0.964 bits per heavy atom. The molecule has 4 aliphatic carbocycles. The van der Waals surface area contributed by atoms with Gasteiger partial charge in [-0.05, 0) is 78.1 Å². The van der Waals surface area contributed by atoms with Crippen molar-refractivity contribution < 1.29 is 14.7 Å². The lowest BCUT2D eigenvalue weighted by atomic mass is 9.35. The van der Waals surface area contributed by atoms with Crippen molar-refractivity contribution in [3.63, 3.8) is 0 Å². The third kappa shape index (κ3) is 2.38. The van der Waals surface area contributed by atoms with Gasteiger partial charge >= 0.3 is 0 Å². The summed E-state index contributed by atoms with van der Waals surface area (Å²) in [5.74, 6) is 0.945. The van der Waals surface area contributed by atoms with Gasteiger partial charge in [0.25, 0.3) is 0 Å². The van der Waals surface area contributed by atoms with Gasteiger partial charge in [0.05, 0.1) is 12.0 Å². The second-order valence-electron chi connectivity index (χ2n) is 11.8. The standard InChI is InChI=1S/C25H38O3/c1-22(2)10-6-11-23(3)18(22)9-12-24(4)19-8-7-16(14-26)17(15-27)25(19,5)21(28)13-20(23)24/h7,14-15,17-21,28H,6,8-13H2,1-5H3/t17-,18?,19?,20?,21-,23-,24-,25+/m0/s1. The van der Waals surface area contributed by atoms with Gasteiger partial charge in [-0.3, -0.25) is 4.79 Å². The molecule has 0 aromatic carbocycles. The van der Waals surface area contributed by atoms with Crippen LogP contribution in [0.3, 0.4) is 0 Å². The summed E-state index contributed by atoms with van der Waals surface area (Å²) in [7, 11) is 0. The fraction of sp³-hybridized carbons (Fsp3) is 0.840. The molecule has 0 heterocycles. The second-order valence-corrected chi connectivity index (χ2v) is 11.8. The summed E-state index contributed by atoms with van der Waals surface area (Å²) in [4.78, 5) is 23.7. The molecule has 0 aromatic rings. The zero-order valence-corrected chi connectivity index (χ0v) is 18.3. The van der Waals surface area contributed by atoms with E-state index in [2.05, 4.69) is 34.6 Å². The summed E-state index contributed by atoms with van der Waals surface area (Å²) in [6.07, 6.45) is 11.1. The third-order valence-electron chi connectivity index (χ3n) is 10.5. The van der Waals surface area contributed by atoms with Gasteiger partial charge in [-0.15, -0.1) is 0 Å². The maximum Gasteiger partial charge on any atom is 0.146 e. The van der Waals surface area contributed by atoms with E-state index < -0.39 is 17.4 Å². The molecule has 0 saturated heterocycles. The van der Waals surface area contributed by atoms with Crippen LogP contribution >= 0.6 is 0 Å². The predicted octanol–water partition coefficient (Wildman–Crippen LogP) is 4.97. The predicted molar refractivity (Wildman–Crippen MR) is 111 cm³/mol. The van der Waals surface area contributed by atoms with E-state index in [-0.39, 0.29) is 16.7 Å². The van der Waals surface area contributed by atoms with Crippen LogP contribution in [0.15, 0.2) is 11.6 Å². The largest absolute Gasteiger partial charge is 0.393 e. The summed E-state index contributed by atoms with van der Waals surface area (Å²) >= 11 is 0. The topological polar surface area (TPSA) is 54.4 Å². The lowest BCUT2D eigenvalue weighted by Gasteiger charge is -2.70. The SMILES string of the molecule is CC1(C)CCC[C@@]2(C)C1CC[C@]1(C)C2C[C@H](O)[C@@]2(C)C1CC=C(C=O)[C@@H]2C=O. The minimum Gasteiger partial charge on any atom is -0.393 e. The summed E-state index contributed by atoms with van der Waals surface area (Å²) in [5.41, 5.74) is 0.767. The van der Waals surface area contributed by atoms with Crippen LogP contribution in [0.1, 0.15) is 79.6 Å². The molecule has 4 aliphatic rings. The van der Waals surface area contributed by atoms with Crippen LogP contribution < -0.4 is 0 Å². The fourth-order valence-electron chi connectivity index (χ4n) is 9.10. The van der Waals surface area contributed by atoms with Crippen LogP contribution in [0.4, 0.5) is 0 Å². The number of allylic oxidation sites excluding steroid dienone is 2. The Balaban J connectivity index is 1.81. The number of rotatable bonds is 2. The van der Waals surface area contributed by atoms with E-state index in [0.717, 1.165) is 25.4 Å². The first-order chi connectivity index (χ1) is 13.1. The first-order valence-electron chi connectivity index (χ1n) is 11.3. The van der Waals surface area contributed by atoms with Crippen molar-refractivity contribution >= 4 is 12.6 Å². The molecule has 0 spiro atoms. The molecular formula is C25H38O3. The summed E-state index contributed by atoms with van der Waals surface area (Å²) < 4.78 is 0. The average Bonchev–Trinajstić information content (AvgIpc) is 2.62. The second kappa shape index (κ2) is 6.27. The molecule has 1 N–H and O–H groups in total. The Bertz CT molecular complexity index is 709. The van der Waals surface area contributed by atoms with Gasteiger partial charge in [-0.1, -0.05) is 47.1 Å². The van der Waals surface area contributed by atoms with Crippen LogP contribution in [-0.4, -0.2) is 23.8 Å². The molecule has 0 radical (unpaired) electrons. The summed E-state index contributed by atoms with van der Waals surface area (Å²) in [5, 5.41) is 11.5. The molecule has 3 saturated carbocycles. The van der Waals surface area contributed by atoms with Gasteiger partial charge in [0, 0.05) is 5.41 Å². The molecule has 4 rings (SSSR count). The van der Waals surface area contributed by atoms with Crippen molar-refractivity contribution in [2.45, 2.75) is 85.7 Å². The monoisotopic (exact) mass is 386 g/mol. The van der Waals surface area contributed by atoms with Gasteiger partial charge < -0.3 is 9.90 Å². The molecule has 8 atom stereocenters. The molecule has 0 aromatic heterocycles. The Hall–Kier alpha value is -0.960. The summed E-state index contributed by atoms with van der Waals surface area (Å²) in [6.45, 7) is 11.9. The number of hydrogen-bond donors (Lipinski definition) is 1. The van der Waals surface area contributed by atoms with Crippen molar-refractivity contribution in [2.24, 2.45) is 45.3 Å². The smallest absolute Gasteiger partial charge is 0.146 e. The number of carbonyl (C=O) groups is 2. The van der Waals surface area contributed by atoms with Crippen LogP contribution in [0.5, 0.6) is 0 Å². The molecule has 0 bridgehead atoms. The highest BCUT2D eigenvalue weighted by molar-refractivity contribution is 5.82. The van der Waals surface area contributed by atoms with E-state index in [1.165, 1.54) is 32.1 Å². The molecular weight excluding hydrogens is 348 g/mol. The van der Waals surface area contributed by atoms with Gasteiger partial charge in [0.15, 0.2) is 0 Å². The lowest BCUT2D eigenvalue weighted by Crippen LogP contribution is -2.66. The first-order valence-corrected chi connectivity index (χ1v) is 11.3. The van der Waals surface area contributed by atoms with E-state index in [1.807, 2.05) is 6.08 Å². The molecule has 3 unspecified atom stereocenters.